The SMILES string of the molecule is Cc1cc(F)ccc1N1CCC[C@H](NC(=O)N2CCc3c(ncn(C)c3=O)C2)C1. The van der Waals surface area contributed by atoms with Crippen molar-refractivity contribution < 1.29 is 9.18 Å². The van der Waals surface area contributed by atoms with Gasteiger partial charge >= 0.3 is 6.03 Å². The molecule has 154 valence electrons. The van der Waals surface area contributed by atoms with Crippen LogP contribution in [0.1, 0.15) is 29.7 Å². The molecule has 1 atom stereocenters. The summed E-state index contributed by atoms with van der Waals surface area (Å²) in [6.07, 6.45) is 3.90. The maximum atomic E-state index is 13.4. The number of anilines is 1. The summed E-state index contributed by atoms with van der Waals surface area (Å²) in [7, 11) is 1.69. The lowest BCUT2D eigenvalue weighted by Crippen LogP contribution is -2.53. The zero-order chi connectivity index (χ0) is 20.5. The van der Waals surface area contributed by atoms with E-state index >= 15 is 0 Å². The van der Waals surface area contributed by atoms with Crippen LogP contribution in [0.15, 0.2) is 29.3 Å². The Morgan fingerprint density at radius 2 is 2.14 bits per heavy atom. The molecule has 1 aromatic heterocycles. The topological polar surface area (TPSA) is 70.5 Å². The standard InChI is InChI=1S/C21H26FN5O2/c1-14-10-15(22)5-6-19(14)26-8-3-4-16(11-26)24-21(29)27-9-7-17-18(12-27)23-13-25(2)20(17)28/h5-6,10,13,16H,3-4,7-9,11-12H2,1-2H3,(H,24,29)/t16-/m0/s1. The highest BCUT2D eigenvalue weighted by molar-refractivity contribution is 5.75. The van der Waals surface area contributed by atoms with Gasteiger partial charge in [0.25, 0.3) is 5.56 Å². The minimum atomic E-state index is -0.234. The third-order valence-corrected chi connectivity index (χ3v) is 5.82. The van der Waals surface area contributed by atoms with E-state index in [0.717, 1.165) is 30.6 Å². The average molecular weight is 399 g/mol. The second kappa shape index (κ2) is 7.85. The van der Waals surface area contributed by atoms with Gasteiger partial charge in [-0.25, -0.2) is 14.2 Å². The van der Waals surface area contributed by atoms with Crippen LogP contribution in [-0.2, 0) is 20.0 Å². The summed E-state index contributed by atoms with van der Waals surface area (Å²) in [6, 6.07) is 4.73. The number of piperidine rings is 1. The van der Waals surface area contributed by atoms with Gasteiger partial charge in [0.2, 0.25) is 0 Å². The van der Waals surface area contributed by atoms with Crippen LogP contribution in [-0.4, -0.2) is 46.2 Å². The number of halogens is 1. The highest BCUT2D eigenvalue weighted by Gasteiger charge is 2.28. The van der Waals surface area contributed by atoms with Gasteiger partial charge in [0.15, 0.2) is 0 Å². The van der Waals surface area contributed by atoms with E-state index in [1.54, 1.807) is 18.0 Å². The number of hydrogen-bond donors (Lipinski definition) is 1. The van der Waals surface area contributed by atoms with Crippen molar-refractivity contribution in [2.45, 2.75) is 38.8 Å². The summed E-state index contributed by atoms with van der Waals surface area (Å²) in [5.74, 6) is -0.234. The van der Waals surface area contributed by atoms with Gasteiger partial charge in [0.1, 0.15) is 5.82 Å². The molecule has 1 N–H and O–H groups in total. The fourth-order valence-electron chi connectivity index (χ4n) is 4.24. The number of aryl methyl sites for hydroxylation is 2. The minimum Gasteiger partial charge on any atom is -0.369 e. The average Bonchev–Trinajstić information content (AvgIpc) is 2.71. The van der Waals surface area contributed by atoms with Crippen molar-refractivity contribution in [1.82, 2.24) is 19.8 Å². The van der Waals surface area contributed by atoms with E-state index in [1.165, 1.54) is 17.0 Å². The number of aromatic nitrogens is 2. The number of nitrogens with zero attached hydrogens (tertiary/aromatic N) is 4. The Morgan fingerprint density at radius 3 is 2.93 bits per heavy atom. The first-order valence-electron chi connectivity index (χ1n) is 10.0. The Balaban J connectivity index is 1.40. The van der Waals surface area contributed by atoms with Crippen molar-refractivity contribution in [3.05, 3.63) is 57.5 Å². The van der Waals surface area contributed by atoms with Gasteiger partial charge in [-0.05, 0) is 49.9 Å². The molecule has 3 heterocycles. The zero-order valence-electron chi connectivity index (χ0n) is 16.8. The molecular formula is C21H26FN5O2. The van der Waals surface area contributed by atoms with E-state index < -0.39 is 0 Å². The molecule has 0 radical (unpaired) electrons. The molecule has 29 heavy (non-hydrogen) atoms. The molecule has 8 heteroatoms. The van der Waals surface area contributed by atoms with Crippen LogP contribution in [0.3, 0.4) is 0 Å². The number of benzene rings is 1. The summed E-state index contributed by atoms with van der Waals surface area (Å²) >= 11 is 0. The minimum absolute atomic E-state index is 0.0266. The fourth-order valence-corrected chi connectivity index (χ4v) is 4.24. The molecule has 1 fully saturated rings. The summed E-state index contributed by atoms with van der Waals surface area (Å²) in [5, 5.41) is 3.14. The Kier molecular flexibility index (Phi) is 5.25. The van der Waals surface area contributed by atoms with Gasteiger partial charge in [0, 0.05) is 44.0 Å². The number of amides is 2. The third-order valence-electron chi connectivity index (χ3n) is 5.82. The Bertz CT molecular complexity index is 990. The van der Waals surface area contributed by atoms with E-state index in [2.05, 4.69) is 15.2 Å². The lowest BCUT2D eigenvalue weighted by molar-refractivity contribution is 0.185. The van der Waals surface area contributed by atoms with Gasteiger partial charge in [-0.3, -0.25) is 4.79 Å². The van der Waals surface area contributed by atoms with Gasteiger partial charge in [-0.1, -0.05) is 0 Å². The first kappa shape index (κ1) is 19.4. The predicted molar refractivity (Wildman–Crippen MR) is 108 cm³/mol. The Morgan fingerprint density at radius 1 is 1.31 bits per heavy atom. The smallest absolute Gasteiger partial charge is 0.318 e. The largest absolute Gasteiger partial charge is 0.369 e. The number of fused-ring (bicyclic) bond motifs is 1. The predicted octanol–water partition coefficient (Wildman–Crippen LogP) is 1.96. The summed E-state index contributed by atoms with van der Waals surface area (Å²) in [5.41, 5.74) is 3.26. The third kappa shape index (κ3) is 3.97. The molecule has 2 aliphatic heterocycles. The number of carbonyl (C=O) groups excluding carboxylic acids is 1. The molecule has 7 nitrogen and oxygen atoms in total. The number of hydrogen-bond acceptors (Lipinski definition) is 4. The lowest BCUT2D eigenvalue weighted by atomic mass is 10.0. The quantitative estimate of drug-likeness (QED) is 0.838. The number of urea groups is 1. The van der Waals surface area contributed by atoms with E-state index in [9.17, 15) is 14.0 Å². The molecule has 4 rings (SSSR count). The number of rotatable bonds is 2. The first-order chi connectivity index (χ1) is 13.9. The van der Waals surface area contributed by atoms with Crippen LogP contribution in [0.25, 0.3) is 0 Å². The van der Waals surface area contributed by atoms with Crippen molar-refractivity contribution in [2.24, 2.45) is 7.05 Å². The van der Waals surface area contributed by atoms with Crippen LogP contribution in [0, 0.1) is 12.7 Å². The second-order valence-corrected chi connectivity index (χ2v) is 7.92. The number of carbonyl (C=O) groups is 1. The van der Waals surface area contributed by atoms with Crippen LogP contribution in [0.2, 0.25) is 0 Å². The highest BCUT2D eigenvalue weighted by atomic mass is 19.1. The van der Waals surface area contributed by atoms with Crippen LogP contribution in [0.4, 0.5) is 14.9 Å². The van der Waals surface area contributed by atoms with E-state index in [-0.39, 0.29) is 23.4 Å². The molecule has 0 spiro atoms. The molecule has 2 amide bonds. The number of nitrogens with one attached hydrogen (secondary N) is 1. The molecule has 0 saturated carbocycles. The van der Waals surface area contributed by atoms with Crippen LogP contribution >= 0.6 is 0 Å². The Labute approximate surface area is 169 Å². The maximum Gasteiger partial charge on any atom is 0.318 e. The van der Waals surface area contributed by atoms with Gasteiger partial charge in [0.05, 0.1) is 18.6 Å². The monoisotopic (exact) mass is 399 g/mol. The molecule has 0 aliphatic carbocycles. The lowest BCUT2D eigenvalue weighted by Gasteiger charge is -2.37. The van der Waals surface area contributed by atoms with Crippen molar-refractivity contribution in [3.8, 4) is 0 Å². The molecule has 1 saturated heterocycles. The Hall–Kier alpha value is -2.90. The summed E-state index contributed by atoms with van der Waals surface area (Å²) < 4.78 is 14.9. The first-order valence-corrected chi connectivity index (χ1v) is 10.0. The molecule has 0 unspecified atom stereocenters. The molecule has 2 aromatic rings. The van der Waals surface area contributed by atoms with E-state index in [4.69, 9.17) is 0 Å². The van der Waals surface area contributed by atoms with Crippen LogP contribution < -0.4 is 15.8 Å². The van der Waals surface area contributed by atoms with Crippen LogP contribution in [0.5, 0.6) is 0 Å². The van der Waals surface area contributed by atoms with Crippen molar-refractivity contribution >= 4 is 11.7 Å². The molecule has 0 bridgehead atoms. The van der Waals surface area contributed by atoms with Crippen molar-refractivity contribution in [3.63, 3.8) is 0 Å². The summed E-state index contributed by atoms with van der Waals surface area (Å²) in [4.78, 5) is 33.3. The molecule has 2 aliphatic rings. The summed E-state index contributed by atoms with van der Waals surface area (Å²) in [6.45, 7) is 4.35. The van der Waals surface area contributed by atoms with Gasteiger partial charge in [-0.15, -0.1) is 0 Å². The maximum absolute atomic E-state index is 13.4. The van der Waals surface area contributed by atoms with Crippen molar-refractivity contribution in [1.29, 1.82) is 0 Å². The fraction of sp³-hybridized carbons (Fsp3) is 0.476. The van der Waals surface area contributed by atoms with Gasteiger partial charge < -0.3 is 19.7 Å². The highest BCUT2D eigenvalue weighted by Crippen LogP contribution is 2.25. The normalized spacial score (nSPS) is 19.1. The van der Waals surface area contributed by atoms with Gasteiger partial charge in [-0.2, -0.15) is 0 Å². The zero-order valence-corrected chi connectivity index (χ0v) is 16.8. The second-order valence-electron chi connectivity index (χ2n) is 7.92. The van der Waals surface area contributed by atoms with E-state index in [1.807, 2.05) is 13.0 Å². The molecular weight excluding hydrogens is 373 g/mol. The van der Waals surface area contributed by atoms with E-state index in [0.29, 0.717) is 37.3 Å². The molecule has 1 aromatic carbocycles. The van der Waals surface area contributed by atoms with Crippen molar-refractivity contribution in [2.75, 3.05) is 24.5 Å².